The Morgan fingerprint density at radius 1 is 1.11 bits per heavy atom. The van der Waals surface area contributed by atoms with Gasteiger partial charge in [0, 0.05) is 40.8 Å². The molecular weight excluding hydrogens is 566 g/mol. The van der Waals surface area contributed by atoms with Crippen molar-refractivity contribution < 1.29 is 19.1 Å². The minimum absolute atomic E-state index is 0.228. The Hall–Kier alpha value is -4.89. The predicted molar refractivity (Wildman–Crippen MR) is 176 cm³/mol. The molecule has 6 rings (SSSR count). The number of aromatic nitrogens is 1. The maximum Gasteiger partial charge on any atom is 0.247 e. The lowest BCUT2D eigenvalue weighted by atomic mass is 9.60. The zero-order valence-corrected chi connectivity index (χ0v) is 26.0. The van der Waals surface area contributed by atoms with E-state index in [1.807, 2.05) is 74.7 Å². The van der Waals surface area contributed by atoms with Gasteiger partial charge < -0.3 is 25.7 Å². The number of ether oxygens (including phenoxy) is 1. The van der Waals surface area contributed by atoms with Crippen molar-refractivity contribution >= 4 is 40.0 Å². The van der Waals surface area contributed by atoms with Gasteiger partial charge in [-0.2, -0.15) is 0 Å². The van der Waals surface area contributed by atoms with Gasteiger partial charge in [0.1, 0.15) is 18.0 Å². The number of aromatic amines is 1. The summed E-state index contributed by atoms with van der Waals surface area (Å²) >= 11 is 0. The van der Waals surface area contributed by atoms with Crippen molar-refractivity contribution in [1.82, 2.24) is 9.88 Å². The van der Waals surface area contributed by atoms with Crippen molar-refractivity contribution in [2.75, 3.05) is 17.3 Å². The van der Waals surface area contributed by atoms with Crippen LogP contribution in [0.2, 0.25) is 0 Å². The number of amides is 3. The molecule has 9 nitrogen and oxygen atoms in total. The molecule has 0 aliphatic carbocycles. The van der Waals surface area contributed by atoms with E-state index in [1.54, 1.807) is 41.2 Å². The molecule has 4 N–H and O–H groups in total. The Kier molecular flexibility index (Phi) is 7.53. The molecule has 4 aromatic rings. The molecule has 0 radical (unpaired) electrons. The molecule has 2 aliphatic rings. The highest BCUT2D eigenvalue weighted by Gasteiger charge is 2.68. The van der Waals surface area contributed by atoms with Crippen molar-refractivity contribution in [2.24, 2.45) is 11.1 Å². The number of benzene rings is 3. The van der Waals surface area contributed by atoms with Gasteiger partial charge in [0.25, 0.3) is 0 Å². The number of para-hydroxylation sites is 2. The highest BCUT2D eigenvalue weighted by atomic mass is 16.5. The first-order chi connectivity index (χ1) is 21.5. The quantitative estimate of drug-likeness (QED) is 0.241. The van der Waals surface area contributed by atoms with Gasteiger partial charge in [0.2, 0.25) is 17.7 Å². The van der Waals surface area contributed by atoms with Crippen LogP contribution in [0.4, 0.5) is 11.4 Å². The number of nitrogens with zero attached hydrogens (tertiary/aromatic N) is 2. The van der Waals surface area contributed by atoms with E-state index in [1.165, 1.54) is 6.92 Å². The van der Waals surface area contributed by atoms with Crippen LogP contribution in [-0.4, -0.2) is 53.0 Å². The zero-order chi connectivity index (χ0) is 32.1. The second kappa shape index (κ2) is 11.2. The number of nitrogens with one attached hydrogen (secondary N) is 2. The molecule has 9 heteroatoms. The number of nitrogens with two attached hydrogens (primary N) is 1. The van der Waals surface area contributed by atoms with Crippen LogP contribution in [0.1, 0.15) is 38.3 Å². The number of carbonyl (C=O) groups is 3. The molecule has 232 valence electrons. The van der Waals surface area contributed by atoms with Crippen molar-refractivity contribution in [3.05, 3.63) is 103 Å². The number of hydrogen-bond acceptors (Lipinski definition) is 5. The Labute approximate surface area is 263 Å². The summed E-state index contributed by atoms with van der Waals surface area (Å²) in [5.41, 5.74) is 9.32. The Bertz CT molecular complexity index is 1790. The standard InChI is InChI=1S/C36H39N5O4/c1-6-35(3,4)36-20-31(32(43)39-24-15-17-25(45-5)18-16-24)41(34(36)40(22(2)42)30-14-10-8-12-27(30)36)33(44)28(37)19-23-21-38-29-13-9-7-11-26(23)29/h6-18,21,28,31,34,38H,1,19-20,37H2,2-5H3,(H,39,43)/t28-,31+,34-,36+/m0/s1. The van der Waals surface area contributed by atoms with Crippen LogP contribution in [0.15, 0.2) is 91.6 Å². The van der Waals surface area contributed by atoms with Crippen LogP contribution in [0.25, 0.3) is 10.9 Å². The largest absolute Gasteiger partial charge is 0.497 e. The molecular formula is C36H39N5O4. The molecule has 0 unspecified atom stereocenters. The number of likely N-dealkylation sites (tertiary alicyclic amines) is 1. The second-order valence-corrected chi connectivity index (χ2v) is 12.5. The van der Waals surface area contributed by atoms with Crippen LogP contribution in [-0.2, 0) is 26.2 Å². The summed E-state index contributed by atoms with van der Waals surface area (Å²) in [5.74, 6) is -0.333. The lowest BCUT2D eigenvalue weighted by Gasteiger charge is -2.45. The number of hydrogen-bond donors (Lipinski definition) is 3. The minimum atomic E-state index is -0.972. The Balaban J connectivity index is 1.46. The molecule has 2 aliphatic heterocycles. The summed E-state index contributed by atoms with van der Waals surface area (Å²) in [6.45, 7) is 9.75. The van der Waals surface area contributed by atoms with Gasteiger partial charge >= 0.3 is 0 Å². The number of carbonyl (C=O) groups excluding carboxylic acids is 3. The monoisotopic (exact) mass is 605 g/mol. The number of anilines is 2. The van der Waals surface area contributed by atoms with Crippen LogP contribution < -0.4 is 20.7 Å². The van der Waals surface area contributed by atoms with Crippen molar-refractivity contribution in [3.8, 4) is 5.75 Å². The van der Waals surface area contributed by atoms with Crippen molar-refractivity contribution in [3.63, 3.8) is 0 Å². The average molecular weight is 606 g/mol. The van der Waals surface area contributed by atoms with Crippen LogP contribution in [0.3, 0.4) is 0 Å². The number of rotatable bonds is 8. The first-order valence-corrected chi connectivity index (χ1v) is 15.1. The number of allylic oxidation sites excluding steroid dienone is 1. The summed E-state index contributed by atoms with van der Waals surface area (Å²) in [7, 11) is 1.58. The lowest BCUT2D eigenvalue weighted by Crippen LogP contribution is -2.61. The van der Waals surface area contributed by atoms with Crippen LogP contribution in [0.5, 0.6) is 5.75 Å². The molecule has 1 fully saturated rings. The smallest absolute Gasteiger partial charge is 0.247 e. The van der Waals surface area contributed by atoms with Crippen LogP contribution >= 0.6 is 0 Å². The first kappa shape index (κ1) is 30.1. The SMILES string of the molecule is C=CC(C)(C)[C@@]12C[C@H](C(=O)Nc3ccc(OC)cc3)N(C(=O)[C@@H](N)Cc3c[nH]c4ccccc34)[C@@H]1N(C(C)=O)c1ccccc12. The maximum absolute atomic E-state index is 14.7. The third-order valence-electron chi connectivity index (χ3n) is 9.79. The van der Waals surface area contributed by atoms with Gasteiger partial charge in [-0.15, -0.1) is 6.58 Å². The van der Waals surface area contributed by atoms with E-state index in [2.05, 4.69) is 16.9 Å². The van der Waals surface area contributed by atoms with E-state index in [9.17, 15) is 14.4 Å². The van der Waals surface area contributed by atoms with E-state index < -0.39 is 35.0 Å². The topological polar surface area (TPSA) is 121 Å². The fraction of sp³-hybridized carbons (Fsp3) is 0.306. The van der Waals surface area contributed by atoms with E-state index in [4.69, 9.17) is 10.5 Å². The normalized spacial score (nSPS) is 21.3. The zero-order valence-electron chi connectivity index (χ0n) is 26.0. The van der Waals surface area contributed by atoms with E-state index in [0.717, 1.165) is 27.7 Å². The first-order valence-electron chi connectivity index (χ1n) is 15.1. The minimum Gasteiger partial charge on any atom is -0.497 e. The van der Waals surface area contributed by atoms with E-state index >= 15 is 0 Å². The molecule has 3 amide bonds. The number of methoxy groups -OCH3 is 1. The second-order valence-electron chi connectivity index (χ2n) is 12.5. The van der Waals surface area contributed by atoms with Gasteiger partial charge in [-0.3, -0.25) is 19.3 Å². The summed E-state index contributed by atoms with van der Waals surface area (Å²) in [5, 5.41) is 3.99. The molecule has 0 spiro atoms. The van der Waals surface area contributed by atoms with Gasteiger partial charge in [-0.05, 0) is 65.8 Å². The average Bonchev–Trinajstić information content (AvgIpc) is 3.70. The summed E-state index contributed by atoms with van der Waals surface area (Å²) in [6, 6.07) is 20.7. The van der Waals surface area contributed by atoms with E-state index in [-0.39, 0.29) is 24.7 Å². The van der Waals surface area contributed by atoms with Crippen molar-refractivity contribution in [1.29, 1.82) is 0 Å². The number of H-pyrrole nitrogens is 1. The van der Waals surface area contributed by atoms with Gasteiger partial charge in [0.05, 0.1) is 13.2 Å². The third kappa shape index (κ3) is 4.69. The molecule has 3 heterocycles. The lowest BCUT2D eigenvalue weighted by molar-refractivity contribution is -0.140. The highest BCUT2D eigenvalue weighted by Crippen LogP contribution is 2.62. The predicted octanol–water partition coefficient (Wildman–Crippen LogP) is 5.13. The molecule has 1 saturated heterocycles. The molecule has 4 atom stereocenters. The van der Waals surface area contributed by atoms with Crippen LogP contribution in [0, 0.1) is 5.41 Å². The number of fused-ring (bicyclic) bond motifs is 4. The molecule has 1 aromatic heterocycles. The summed E-state index contributed by atoms with van der Waals surface area (Å²) in [6.07, 6.45) is 3.45. The van der Waals surface area contributed by atoms with Crippen molar-refractivity contribution in [2.45, 2.75) is 57.3 Å². The Morgan fingerprint density at radius 3 is 2.49 bits per heavy atom. The van der Waals surface area contributed by atoms with Gasteiger partial charge in [-0.1, -0.05) is 56.3 Å². The van der Waals surface area contributed by atoms with Gasteiger partial charge in [-0.25, -0.2) is 0 Å². The molecule has 45 heavy (non-hydrogen) atoms. The maximum atomic E-state index is 14.7. The van der Waals surface area contributed by atoms with Gasteiger partial charge in [0.15, 0.2) is 0 Å². The molecule has 0 saturated carbocycles. The summed E-state index contributed by atoms with van der Waals surface area (Å²) in [4.78, 5) is 49.0. The summed E-state index contributed by atoms with van der Waals surface area (Å²) < 4.78 is 5.27. The Morgan fingerprint density at radius 2 is 1.80 bits per heavy atom. The molecule has 3 aromatic carbocycles. The third-order valence-corrected chi connectivity index (χ3v) is 9.79. The fourth-order valence-corrected chi connectivity index (χ4v) is 7.38. The highest BCUT2D eigenvalue weighted by molar-refractivity contribution is 6.02. The van der Waals surface area contributed by atoms with E-state index in [0.29, 0.717) is 11.4 Å². The fourth-order valence-electron chi connectivity index (χ4n) is 7.38. The molecule has 0 bridgehead atoms.